The van der Waals surface area contributed by atoms with Crippen molar-refractivity contribution in [1.29, 1.82) is 0 Å². The largest absolute Gasteiger partial charge is 0.317 e. The average Bonchev–Trinajstić information content (AvgIpc) is 2.82. The van der Waals surface area contributed by atoms with Crippen LogP contribution in [0.5, 0.6) is 0 Å². The van der Waals surface area contributed by atoms with Crippen LogP contribution < -0.4 is 0 Å². The molecule has 2 aromatic rings. The summed E-state index contributed by atoms with van der Waals surface area (Å²) in [5.74, 6) is 0.254. The summed E-state index contributed by atoms with van der Waals surface area (Å²) in [6.07, 6.45) is 1.37. The third kappa shape index (κ3) is 2.16. The standard InChI is InChI=1S/C9H11N5O2S/c1-5(2)8-10-11-9(17-8)7-6(14(15)16)4-13(3)12-7/h4-5H,1-3H3. The molecule has 7 nitrogen and oxygen atoms in total. The molecule has 0 amide bonds. The van der Waals surface area contributed by atoms with Crippen molar-refractivity contribution in [2.45, 2.75) is 19.8 Å². The van der Waals surface area contributed by atoms with Gasteiger partial charge in [0.05, 0.1) is 4.92 Å². The van der Waals surface area contributed by atoms with E-state index in [4.69, 9.17) is 0 Å². The van der Waals surface area contributed by atoms with Crippen molar-refractivity contribution in [3.8, 4) is 10.7 Å². The van der Waals surface area contributed by atoms with Crippen molar-refractivity contribution in [3.05, 3.63) is 21.3 Å². The summed E-state index contributed by atoms with van der Waals surface area (Å²) in [5, 5.41) is 24.2. The van der Waals surface area contributed by atoms with Gasteiger partial charge in [-0.3, -0.25) is 14.8 Å². The lowest BCUT2D eigenvalue weighted by Gasteiger charge is -1.93. The van der Waals surface area contributed by atoms with Crippen molar-refractivity contribution < 1.29 is 4.92 Å². The lowest BCUT2D eigenvalue weighted by atomic mass is 10.2. The van der Waals surface area contributed by atoms with Gasteiger partial charge in [0.2, 0.25) is 5.69 Å². The summed E-state index contributed by atoms with van der Waals surface area (Å²) in [4.78, 5) is 10.4. The number of aryl methyl sites for hydroxylation is 1. The van der Waals surface area contributed by atoms with E-state index in [1.165, 1.54) is 22.2 Å². The fourth-order valence-electron chi connectivity index (χ4n) is 1.33. The SMILES string of the molecule is CC(C)c1nnc(-c2nn(C)cc2[N+](=O)[O-])s1. The molecule has 2 rings (SSSR count). The van der Waals surface area contributed by atoms with Crippen molar-refractivity contribution in [1.82, 2.24) is 20.0 Å². The van der Waals surface area contributed by atoms with Crippen LogP contribution in [0.1, 0.15) is 24.8 Å². The van der Waals surface area contributed by atoms with E-state index in [1.54, 1.807) is 7.05 Å². The van der Waals surface area contributed by atoms with Crippen molar-refractivity contribution in [3.63, 3.8) is 0 Å². The van der Waals surface area contributed by atoms with Crippen molar-refractivity contribution in [2.24, 2.45) is 7.05 Å². The van der Waals surface area contributed by atoms with Crippen LogP contribution in [-0.4, -0.2) is 24.9 Å². The minimum Gasteiger partial charge on any atom is -0.268 e. The zero-order chi connectivity index (χ0) is 12.6. The van der Waals surface area contributed by atoms with Crippen LogP contribution in [0, 0.1) is 10.1 Å². The fourth-order valence-corrected chi connectivity index (χ4v) is 2.16. The number of nitrogens with zero attached hydrogens (tertiary/aromatic N) is 5. The fraction of sp³-hybridized carbons (Fsp3) is 0.444. The van der Waals surface area contributed by atoms with Gasteiger partial charge in [0.15, 0.2) is 5.01 Å². The van der Waals surface area contributed by atoms with Crippen LogP contribution in [0.4, 0.5) is 5.69 Å². The van der Waals surface area contributed by atoms with Crippen LogP contribution >= 0.6 is 11.3 Å². The summed E-state index contributed by atoms with van der Waals surface area (Å²) < 4.78 is 1.41. The van der Waals surface area contributed by atoms with Crippen LogP contribution in [0.25, 0.3) is 10.7 Å². The van der Waals surface area contributed by atoms with E-state index in [0.717, 1.165) is 5.01 Å². The number of hydrogen-bond acceptors (Lipinski definition) is 6. The van der Waals surface area contributed by atoms with Crippen LogP contribution in [-0.2, 0) is 7.05 Å². The van der Waals surface area contributed by atoms with E-state index in [0.29, 0.717) is 5.01 Å². The molecule has 0 spiro atoms. The molecule has 0 radical (unpaired) electrons. The second-order valence-corrected chi connectivity index (χ2v) is 4.90. The highest BCUT2D eigenvalue weighted by atomic mass is 32.1. The van der Waals surface area contributed by atoms with Gasteiger partial charge in [0, 0.05) is 13.0 Å². The third-order valence-corrected chi connectivity index (χ3v) is 3.37. The molecule has 0 aliphatic rings. The average molecular weight is 253 g/mol. The zero-order valence-electron chi connectivity index (χ0n) is 9.62. The Hall–Kier alpha value is -1.83. The summed E-state index contributed by atoms with van der Waals surface area (Å²) in [6.45, 7) is 3.99. The number of aromatic nitrogens is 4. The van der Waals surface area contributed by atoms with E-state index in [2.05, 4.69) is 15.3 Å². The summed E-state index contributed by atoms with van der Waals surface area (Å²) in [5.41, 5.74) is 0.237. The van der Waals surface area contributed by atoms with E-state index in [1.807, 2.05) is 13.8 Å². The molecule has 0 saturated carbocycles. The zero-order valence-corrected chi connectivity index (χ0v) is 10.4. The number of hydrogen-bond donors (Lipinski definition) is 0. The van der Waals surface area contributed by atoms with Crippen molar-refractivity contribution in [2.75, 3.05) is 0 Å². The first kappa shape index (κ1) is 11.6. The maximum Gasteiger partial charge on any atom is 0.317 e. The molecular formula is C9H11N5O2S. The van der Waals surface area contributed by atoms with E-state index < -0.39 is 4.92 Å². The lowest BCUT2D eigenvalue weighted by molar-refractivity contribution is -0.384. The predicted octanol–water partition coefficient (Wildman–Crippen LogP) is 1.97. The second kappa shape index (κ2) is 4.21. The maximum atomic E-state index is 10.9. The quantitative estimate of drug-likeness (QED) is 0.616. The molecule has 0 aromatic carbocycles. The highest BCUT2D eigenvalue weighted by Crippen LogP contribution is 2.32. The second-order valence-electron chi connectivity index (χ2n) is 3.89. The van der Waals surface area contributed by atoms with Gasteiger partial charge >= 0.3 is 5.69 Å². The molecule has 8 heteroatoms. The number of rotatable bonds is 3. The monoisotopic (exact) mass is 253 g/mol. The smallest absolute Gasteiger partial charge is 0.268 e. The molecule has 2 aromatic heterocycles. The van der Waals surface area contributed by atoms with Crippen LogP contribution in [0.15, 0.2) is 6.20 Å². The van der Waals surface area contributed by atoms with Crippen molar-refractivity contribution >= 4 is 17.0 Å². The molecule has 0 bridgehead atoms. The molecule has 17 heavy (non-hydrogen) atoms. The molecule has 2 heterocycles. The third-order valence-electron chi connectivity index (χ3n) is 2.14. The lowest BCUT2D eigenvalue weighted by Crippen LogP contribution is -1.89. The first-order valence-electron chi connectivity index (χ1n) is 5.01. The number of nitro groups is 1. The van der Waals surface area contributed by atoms with Crippen LogP contribution in [0.3, 0.4) is 0 Å². The summed E-state index contributed by atoms with van der Waals surface area (Å²) in [7, 11) is 1.64. The van der Waals surface area contributed by atoms with E-state index >= 15 is 0 Å². The van der Waals surface area contributed by atoms with E-state index in [9.17, 15) is 10.1 Å². The first-order valence-corrected chi connectivity index (χ1v) is 5.82. The Morgan fingerprint density at radius 3 is 2.71 bits per heavy atom. The van der Waals surface area contributed by atoms with Gasteiger partial charge in [-0.1, -0.05) is 25.2 Å². The highest BCUT2D eigenvalue weighted by Gasteiger charge is 2.23. The Bertz CT molecular complexity index is 559. The molecule has 0 saturated heterocycles. The van der Waals surface area contributed by atoms with Crippen LogP contribution in [0.2, 0.25) is 0 Å². The van der Waals surface area contributed by atoms with Gasteiger partial charge in [-0.15, -0.1) is 10.2 Å². The predicted molar refractivity (Wildman–Crippen MR) is 62.9 cm³/mol. The minimum absolute atomic E-state index is 0.0426. The molecule has 90 valence electrons. The molecule has 0 fully saturated rings. The molecule has 0 aliphatic carbocycles. The Balaban J connectivity index is 2.48. The minimum atomic E-state index is -0.460. The summed E-state index contributed by atoms with van der Waals surface area (Å²) >= 11 is 1.34. The molecule has 0 N–H and O–H groups in total. The molecule has 0 aliphatic heterocycles. The Kier molecular flexibility index (Phi) is 2.88. The molecule has 0 atom stereocenters. The van der Waals surface area contributed by atoms with Gasteiger partial charge in [-0.25, -0.2) is 0 Å². The first-order chi connectivity index (χ1) is 7.99. The molecule has 0 unspecified atom stereocenters. The maximum absolute atomic E-state index is 10.9. The van der Waals surface area contributed by atoms with Gasteiger partial charge < -0.3 is 0 Å². The molecular weight excluding hydrogens is 242 g/mol. The van der Waals surface area contributed by atoms with E-state index in [-0.39, 0.29) is 17.3 Å². The normalized spacial score (nSPS) is 11.1. The van der Waals surface area contributed by atoms with Gasteiger partial charge in [-0.05, 0) is 0 Å². The topological polar surface area (TPSA) is 86.7 Å². The Morgan fingerprint density at radius 1 is 1.47 bits per heavy atom. The Morgan fingerprint density at radius 2 is 2.18 bits per heavy atom. The van der Waals surface area contributed by atoms with Gasteiger partial charge in [0.25, 0.3) is 0 Å². The summed E-state index contributed by atoms with van der Waals surface area (Å²) in [6, 6.07) is 0. The highest BCUT2D eigenvalue weighted by molar-refractivity contribution is 7.14. The van der Waals surface area contributed by atoms with Gasteiger partial charge in [0.1, 0.15) is 11.2 Å². The Labute approximate surface area is 101 Å². The van der Waals surface area contributed by atoms with Gasteiger partial charge in [-0.2, -0.15) is 5.10 Å².